The first-order valence-electron chi connectivity index (χ1n) is 3.19. The Bertz CT molecular complexity index is 128. The van der Waals surface area contributed by atoms with E-state index in [9.17, 15) is 0 Å². The predicted molar refractivity (Wildman–Crippen MR) is 46.8 cm³/mol. The Morgan fingerprint density at radius 1 is 1.33 bits per heavy atom. The van der Waals surface area contributed by atoms with Gasteiger partial charge in [0.05, 0.1) is 0 Å². The normalized spacial score (nSPS) is 14.2. The third-order valence-electron chi connectivity index (χ3n) is 1.17. The van der Waals surface area contributed by atoms with Crippen molar-refractivity contribution < 1.29 is 0 Å². The van der Waals surface area contributed by atoms with Crippen LogP contribution in [-0.2, 0) is 0 Å². The zero-order chi connectivity index (χ0) is 7.28. The van der Waals surface area contributed by atoms with E-state index in [-0.39, 0.29) is 0 Å². The molecule has 0 fully saturated rings. The molecule has 0 rings (SSSR count). The molecule has 0 spiro atoms. The molecule has 0 N–H and O–H groups in total. The van der Waals surface area contributed by atoms with Crippen LogP contribution in [0.15, 0.2) is 22.6 Å². The second-order valence-corrected chi connectivity index (χ2v) is 2.88. The highest BCUT2D eigenvalue weighted by molar-refractivity contribution is 7.84. The summed E-state index contributed by atoms with van der Waals surface area (Å²) in [7, 11) is 0. The van der Waals surface area contributed by atoms with Crippen LogP contribution in [0, 0.1) is 0 Å². The van der Waals surface area contributed by atoms with E-state index in [1.807, 2.05) is 13.0 Å². The summed E-state index contributed by atoms with van der Waals surface area (Å²) in [5.41, 5.74) is 1.39. The molecule has 0 heterocycles. The highest BCUT2D eigenvalue weighted by atomic mass is 32.1. The van der Waals surface area contributed by atoms with Gasteiger partial charge in [0.15, 0.2) is 0 Å². The first-order chi connectivity index (χ1) is 4.16. The molecule has 0 aliphatic heterocycles. The van der Waals surface area contributed by atoms with Crippen LogP contribution in [0.1, 0.15) is 27.2 Å². The lowest BCUT2D eigenvalue weighted by Crippen LogP contribution is -1.67. The Hall–Kier alpha value is -0.170. The molecule has 0 saturated carbocycles. The number of hydrogen-bond acceptors (Lipinski definition) is 1. The van der Waals surface area contributed by atoms with E-state index in [1.54, 1.807) is 0 Å². The van der Waals surface area contributed by atoms with Crippen LogP contribution in [0.4, 0.5) is 0 Å². The van der Waals surface area contributed by atoms with E-state index in [1.165, 1.54) is 5.57 Å². The lowest BCUT2D eigenvalue weighted by Gasteiger charge is -1.89. The van der Waals surface area contributed by atoms with Gasteiger partial charge in [0.2, 0.25) is 0 Å². The fourth-order valence-electron chi connectivity index (χ4n) is 0.381. The molecular weight excluding hydrogens is 128 g/mol. The van der Waals surface area contributed by atoms with Crippen molar-refractivity contribution in [3.05, 3.63) is 22.6 Å². The fourth-order valence-corrected chi connectivity index (χ4v) is 0.455. The number of thiol groups is 1. The Labute approximate surface area is 63.1 Å². The maximum Gasteiger partial charge on any atom is -0.0215 e. The second-order valence-electron chi connectivity index (χ2n) is 2.17. The monoisotopic (exact) mass is 142 g/mol. The number of hydrogen-bond donors (Lipinski definition) is 1. The third-order valence-corrected chi connectivity index (χ3v) is 1.32. The highest BCUT2D eigenvalue weighted by Gasteiger charge is 1.78. The molecule has 0 bridgehead atoms. The largest absolute Gasteiger partial charge is 0.148 e. The molecule has 52 valence electrons. The van der Waals surface area contributed by atoms with Gasteiger partial charge >= 0.3 is 0 Å². The van der Waals surface area contributed by atoms with Crippen LogP contribution in [0.25, 0.3) is 0 Å². The summed E-state index contributed by atoms with van der Waals surface area (Å²) < 4.78 is 0. The maximum absolute atomic E-state index is 4.13. The van der Waals surface area contributed by atoms with Gasteiger partial charge in [0, 0.05) is 0 Å². The van der Waals surface area contributed by atoms with Gasteiger partial charge in [0.1, 0.15) is 0 Å². The number of allylic oxidation sites excluding steroid dienone is 4. The van der Waals surface area contributed by atoms with Crippen molar-refractivity contribution in [3.8, 4) is 0 Å². The molecule has 1 heteroatoms. The van der Waals surface area contributed by atoms with Crippen molar-refractivity contribution in [2.24, 2.45) is 0 Å². The topological polar surface area (TPSA) is 0 Å². The van der Waals surface area contributed by atoms with Gasteiger partial charge in [-0.15, -0.1) is 12.6 Å². The molecule has 9 heavy (non-hydrogen) atoms. The van der Waals surface area contributed by atoms with Crippen LogP contribution in [-0.4, -0.2) is 0 Å². The minimum absolute atomic E-state index is 1.06. The van der Waals surface area contributed by atoms with Crippen LogP contribution >= 0.6 is 12.6 Å². The molecule has 0 aliphatic carbocycles. The average Bonchev–Trinajstić information content (AvgIpc) is 1.83. The SMILES string of the molecule is CC/C(C)=C/C=C(/C)S. The quantitative estimate of drug-likeness (QED) is 0.444. The van der Waals surface area contributed by atoms with E-state index in [4.69, 9.17) is 0 Å². The third kappa shape index (κ3) is 5.71. The summed E-state index contributed by atoms with van der Waals surface area (Å²) in [5.74, 6) is 0. The van der Waals surface area contributed by atoms with Crippen molar-refractivity contribution in [1.82, 2.24) is 0 Å². The van der Waals surface area contributed by atoms with E-state index in [2.05, 4.69) is 32.6 Å². The summed E-state index contributed by atoms with van der Waals surface area (Å²) in [5, 5.41) is 0. The maximum atomic E-state index is 4.13. The molecule has 0 aromatic carbocycles. The molecule has 0 aromatic rings. The van der Waals surface area contributed by atoms with E-state index in [0.717, 1.165) is 11.3 Å². The Kier molecular flexibility index (Phi) is 4.60. The first kappa shape index (κ1) is 8.83. The highest BCUT2D eigenvalue weighted by Crippen LogP contribution is 2.02. The molecule has 0 saturated heterocycles. The minimum atomic E-state index is 1.06. The zero-order valence-corrected chi connectivity index (χ0v) is 7.20. The van der Waals surface area contributed by atoms with Gasteiger partial charge in [-0.3, -0.25) is 0 Å². The molecule has 0 nitrogen and oxygen atoms in total. The van der Waals surface area contributed by atoms with E-state index < -0.39 is 0 Å². The van der Waals surface area contributed by atoms with Gasteiger partial charge in [-0.25, -0.2) is 0 Å². The molecule has 0 radical (unpaired) electrons. The van der Waals surface area contributed by atoms with Gasteiger partial charge in [-0.05, 0) is 25.2 Å². The summed E-state index contributed by atoms with van der Waals surface area (Å²) in [6.07, 6.45) is 5.24. The van der Waals surface area contributed by atoms with Gasteiger partial charge < -0.3 is 0 Å². The predicted octanol–water partition coefficient (Wildman–Crippen LogP) is 3.18. The lowest BCUT2D eigenvalue weighted by molar-refractivity contribution is 1.10. The van der Waals surface area contributed by atoms with E-state index in [0.29, 0.717) is 0 Å². The smallest absolute Gasteiger partial charge is 0.0215 e. The van der Waals surface area contributed by atoms with Crippen molar-refractivity contribution in [2.45, 2.75) is 27.2 Å². The molecule has 0 aromatic heterocycles. The summed E-state index contributed by atoms with van der Waals surface area (Å²) in [4.78, 5) is 1.06. The fraction of sp³-hybridized carbons (Fsp3) is 0.500. The van der Waals surface area contributed by atoms with Gasteiger partial charge in [-0.1, -0.05) is 24.6 Å². The Balaban J connectivity index is 3.83. The zero-order valence-electron chi connectivity index (χ0n) is 6.31. The Morgan fingerprint density at radius 2 is 1.89 bits per heavy atom. The van der Waals surface area contributed by atoms with Crippen LogP contribution in [0.3, 0.4) is 0 Å². The second kappa shape index (κ2) is 4.68. The van der Waals surface area contributed by atoms with Crippen molar-refractivity contribution >= 4 is 12.6 Å². The summed E-state index contributed by atoms with van der Waals surface area (Å²) >= 11 is 4.13. The first-order valence-corrected chi connectivity index (χ1v) is 3.64. The molecular formula is C8H14S. The van der Waals surface area contributed by atoms with Gasteiger partial charge in [-0.2, -0.15) is 0 Å². The molecule has 0 atom stereocenters. The molecule has 0 aliphatic rings. The minimum Gasteiger partial charge on any atom is -0.148 e. The average molecular weight is 142 g/mol. The standard InChI is InChI=1S/C8H14S/c1-4-7(2)5-6-8(3)9/h5-6,9H,4H2,1-3H3/b7-5+,8-6-. The van der Waals surface area contributed by atoms with Crippen molar-refractivity contribution in [3.63, 3.8) is 0 Å². The van der Waals surface area contributed by atoms with Crippen LogP contribution in [0.2, 0.25) is 0 Å². The van der Waals surface area contributed by atoms with Gasteiger partial charge in [0.25, 0.3) is 0 Å². The summed E-state index contributed by atoms with van der Waals surface area (Å²) in [6, 6.07) is 0. The van der Waals surface area contributed by atoms with Crippen LogP contribution in [0.5, 0.6) is 0 Å². The molecule has 0 unspecified atom stereocenters. The Morgan fingerprint density at radius 3 is 2.22 bits per heavy atom. The molecule has 0 amide bonds. The van der Waals surface area contributed by atoms with Crippen molar-refractivity contribution in [1.29, 1.82) is 0 Å². The van der Waals surface area contributed by atoms with Crippen molar-refractivity contribution in [2.75, 3.05) is 0 Å². The number of rotatable bonds is 2. The summed E-state index contributed by atoms with van der Waals surface area (Å²) in [6.45, 7) is 6.24. The van der Waals surface area contributed by atoms with E-state index >= 15 is 0 Å². The lowest BCUT2D eigenvalue weighted by atomic mass is 10.2. The van der Waals surface area contributed by atoms with Crippen LogP contribution < -0.4 is 0 Å².